The molecule has 0 atom stereocenters. The van der Waals surface area contributed by atoms with Gasteiger partial charge in [0, 0.05) is 17.6 Å². The molecule has 0 spiro atoms. The minimum atomic E-state index is -0.967. The Hall–Kier alpha value is -2.39. The highest BCUT2D eigenvalue weighted by atomic mass is 32.1. The Morgan fingerprint density at radius 3 is 3.06 bits per heavy atom. The number of rotatable bonds is 4. The fraction of sp³-hybridized carbons (Fsp3) is 0.0833. The van der Waals surface area contributed by atoms with E-state index in [1.54, 1.807) is 17.5 Å². The maximum Gasteiger partial charge on any atom is 0.346 e. The van der Waals surface area contributed by atoms with E-state index in [0.717, 1.165) is 16.9 Å². The van der Waals surface area contributed by atoms with Crippen LogP contribution >= 0.6 is 11.3 Å². The number of hydrogen-bond acceptors (Lipinski definition) is 5. The van der Waals surface area contributed by atoms with Crippen LogP contribution in [0.3, 0.4) is 0 Å². The summed E-state index contributed by atoms with van der Waals surface area (Å²) in [5.41, 5.74) is 1.14. The molecule has 2 aromatic rings. The largest absolute Gasteiger partial charge is 0.488 e. The Bertz CT molecular complexity index is 616. The van der Waals surface area contributed by atoms with Crippen molar-refractivity contribution in [2.45, 2.75) is 6.61 Å². The van der Waals surface area contributed by atoms with Crippen LogP contribution in [0.4, 0.5) is 0 Å². The molecule has 0 aliphatic carbocycles. The average Bonchev–Trinajstić information content (AvgIpc) is 2.85. The van der Waals surface area contributed by atoms with E-state index in [9.17, 15) is 4.79 Å². The Balaban J connectivity index is 2.02. The van der Waals surface area contributed by atoms with Crippen molar-refractivity contribution >= 4 is 17.3 Å². The zero-order chi connectivity index (χ0) is 13.0. The molecule has 0 aliphatic rings. The van der Waals surface area contributed by atoms with Crippen molar-refractivity contribution in [2.24, 2.45) is 0 Å². The van der Waals surface area contributed by atoms with Gasteiger partial charge in [-0.05, 0) is 17.7 Å². The number of aromatic carboxylic acids is 1. The van der Waals surface area contributed by atoms with Crippen molar-refractivity contribution in [2.75, 3.05) is 0 Å². The predicted molar refractivity (Wildman–Crippen MR) is 64.6 cm³/mol. The van der Waals surface area contributed by atoms with E-state index in [0.29, 0.717) is 11.4 Å². The van der Waals surface area contributed by atoms with Crippen molar-refractivity contribution < 1.29 is 14.6 Å². The van der Waals surface area contributed by atoms with Crippen LogP contribution < -0.4 is 4.74 Å². The number of carboxylic acids is 1. The molecular formula is C12H8N2O3S. The lowest BCUT2D eigenvalue weighted by Gasteiger charge is -2.03. The lowest BCUT2D eigenvalue weighted by Crippen LogP contribution is -1.96. The van der Waals surface area contributed by atoms with Gasteiger partial charge in [0.25, 0.3) is 0 Å². The van der Waals surface area contributed by atoms with Gasteiger partial charge in [-0.3, -0.25) is 0 Å². The molecule has 0 aliphatic heterocycles. The molecule has 0 aromatic carbocycles. The summed E-state index contributed by atoms with van der Waals surface area (Å²) in [4.78, 5) is 14.8. The first kappa shape index (κ1) is 12.1. The smallest absolute Gasteiger partial charge is 0.346 e. The molecule has 0 unspecified atom stereocenters. The normalized spacial score (nSPS) is 9.72. The van der Waals surface area contributed by atoms with E-state index >= 15 is 0 Å². The molecule has 0 fully saturated rings. The number of thiophene rings is 1. The first-order chi connectivity index (χ1) is 8.69. The maximum absolute atomic E-state index is 10.7. The van der Waals surface area contributed by atoms with Crippen molar-refractivity contribution in [1.29, 1.82) is 5.26 Å². The molecule has 0 saturated heterocycles. The van der Waals surface area contributed by atoms with E-state index in [1.807, 2.05) is 6.07 Å². The second kappa shape index (κ2) is 5.29. The molecule has 0 saturated carbocycles. The van der Waals surface area contributed by atoms with Crippen molar-refractivity contribution in [3.8, 4) is 11.8 Å². The fourth-order valence-electron chi connectivity index (χ4n) is 1.30. The van der Waals surface area contributed by atoms with Crippen LogP contribution in [-0.4, -0.2) is 16.1 Å². The maximum atomic E-state index is 10.7. The molecule has 2 heterocycles. The third kappa shape index (κ3) is 2.84. The Labute approximate surface area is 107 Å². The Morgan fingerprint density at radius 2 is 2.39 bits per heavy atom. The van der Waals surface area contributed by atoms with Gasteiger partial charge in [0.2, 0.25) is 0 Å². The molecule has 0 radical (unpaired) electrons. The quantitative estimate of drug-likeness (QED) is 0.911. The molecule has 1 N–H and O–H groups in total. The molecule has 5 nitrogen and oxygen atoms in total. The predicted octanol–water partition coefficient (Wildman–Crippen LogP) is 2.29. The number of hydrogen-bond donors (Lipinski definition) is 1. The minimum absolute atomic E-state index is 0.234. The summed E-state index contributed by atoms with van der Waals surface area (Å²) in [5.74, 6) is -0.460. The molecule has 18 heavy (non-hydrogen) atoms. The second-order valence-electron chi connectivity index (χ2n) is 3.40. The third-order valence-electron chi connectivity index (χ3n) is 2.13. The average molecular weight is 260 g/mol. The summed E-state index contributed by atoms with van der Waals surface area (Å²) in [7, 11) is 0. The number of nitriles is 1. The van der Waals surface area contributed by atoms with Gasteiger partial charge in [0.05, 0.1) is 0 Å². The summed E-state index contributed by atoms with van der Waals surface area (Å²) in [6, 6.07) is 6.78. The molecule has 6 heteroatoms. The van der Waals surface area contributed by atoms with Gasteiger partial charge < -0.3 is 9.84 Å². The SMILES string of the molecule is N#Cc1cc(COc2csc(C(=O)O)c2)ccn1. The van der Waals surface area contributed by atoms with E-state index < -0.39 is 5.97 Å². The van der Waals surface area contributed by atoms with Crippen LogP contribution in [0.15, 0.2) is 29.8 Å². The van der Waals surface area contributed by atoms with Crippen LogP contribution in [0.2, 0.25) is 0 Å². The molecule has 90 valence electrons. The van der Waals surface area contributed by atoms with Gasteiger partial charge in [-0.1, -0.05) is 0 Å². The highest BCUT2D eigenvalue weighted by molar-refractivity contribution is 7.12. The Morgan fingerprint density at radius 1 is 1.56 bits per heavy atom. The highest BCUT2D eigenvalue weighted by Gasteiger charge is 2.07. The molecule has 0 bridgehead atoms. The number of carboxylic acid groups (broad SMARTS) is 1. The van der Waals surface area contributed by atoms with Crippen LogP contribution in [-0.2, 0) is 6.61 Å². The number of aromatic nitrogens is 1. The van der Waals surface area contributed by atoms with Gasteiger partial charge in [-0.25, -0.2) is 9.78 Å². The van der Waals surface area contributed by atoms with Crippen molar-refractivity contribution in [3.63, 3.8) is 0 Å². The highest BCUT2D eigenvalue weighted by Crippen LogP contribution is 2.22. The molecule has 2 aromatic heterocycles. The van der Waals surface area contributed by atoms with Gasteiger partial charge in [0.1, 0.15) is 29.0 Å². The van der Waals surface area contributed by atoms with Gasteiger partial charge in [0.15, 0.2) is 0 Å². The standard InChI is InChI=1S/C12H8N2O3S/c13-5-9-3-8(1-2-14-9)6-17-10-4-11(12(15)16)18-7-10/h1-4,7H,6H2,(H,15,16). The molecule has 0 amide bonds. The monoisotopic (exact) mass is 260 g/mol. The van der Waals surface area contributed by atoms with Crippen molar-refractivity contribution in [1.82, 2.24) is 4.98 Å². The lowest BCUT2D eigenvalue weighted by molar-refractivity contribution is 0.0702. The van der Waals surface area contributed by atoms with E-state index in [2.05, 4.69) is 4.98 Å². The lowest BCUT2D eigenvalue weighted by atomic mass is 10.2. The van der Waals surface area contributed by atoms with Gasteiger partial charge >= 0.3 is 5.97 Å². The number of carbonyl (C=O) groups is 1. The first-order valence-corrected chi connectivity index (χ1v) is 5.86. The summed E-state index contributed by atoms with van der Waals surface area (Å²) >= 11 is 1.11. The number of pyridine rings is 1. The van der Waals surface area contributed by atoms with Gasteiger partial charge in [-0.2, -0.15) is 5.26 Å². The van der Waals surface area contributed by atoms with Crippen LogP contribution in [0.25, 0.3) is 0 Å². The summed E-state index contributed by atoms with van der Waals surface area (Å²) in [6.07, 6.45) is 1.54. The minimum Gasteiger partial charge on any atom is -0.488 e. The third-order valence-corrected chi connectivity index (χ3v) is 3.03. The topological polar surface area (TPSA) is 83.2 Å². The molecule has 2 rings (SSSR count). The van der Waals surface area contributed by atoms with Crippen LogP contribution in [0.5, 0.6) is 5.75 Å². The first-order valence-electron chi connectivity index (χ1n) is 4.98. The van der Waals surface area contributed by atoms with E-state index in [4.69, 9.17) is 15.1 Å². The summed E-state index contributed by atoms with van der Waals surface area (Å²) in [5, 5.41) is 19.1. The Kier molecular flexibility index (Phi) is 3.55. The van der Waals surface area contributed by atoms with Gasteiger partial charge in [-0.15, -0.1) is 11.3 Å². The second-order valence-corrected chi connectivity index (χ2v) is 4.31. The summed E-state index contributed by atoms with van der Waals surface area (Å²) < 4.78 is 5.43. The molecular weight excluding hydrogens is 252 g/mol. The van der Waals surface area contributed by atoms with Crippen LogP contribution in [0, 0.1) is 11.3 Å². The number of nitrogens with zero attached hydrogens (tertiary/aromatic N) is 2. The zero-order valence-electron chi connectivity index (χ0n) is 9.16. The fourth-order valence-corrected chi connectivity index (χ4v) is 1.96. The van der Waals surface area contributed by atoms with Crippen molar-refractivity contribution in [3.05, 3.63) is 45.9 Å². The van der Waals surface area contributed by atoms with E-state index in [1.165, 1.54) is 12.3 Å². The zero-order valence-corrected chi connectivity index (χ0v) is 9.98. The van der Waals surface area contributed by atoms with Crippen LogP contribution in [0.1, 0.15) is 20.9 Å². The number of ether oxygens (including phenoxy) is 1. The van der Waals surface area contributed by atoms with E-state index in [-0.39, 0.29) is 11.5 Å². The summed E-state index contributed by atoms with van der Waals surface area (Å²) in [6.45, 7) is 0.271.